The van der Waals surface area contributed by atoms with Gasteiger partial charge in [-0.3, -0.25) is 4.57 Å². The molecule has 0 aliphatic rings. The monoisotopic (exact) mass is 342 g/mol. The minimum Gasteiger partial charge on any atom is -0.329 e. The van der Waals surface area contributed by atoms with Crippen molar-refractivity contribution in [2.75, 3.05) is 6.54 Å². The van der Waals surface area contributed by atoms with E-state index in [9.17, 15) is 4.79 Å². The molecular formula is C12H15BrN4OS. The Balaban J connectivity index is 2.26. The molecule has 1 atom stereocenters. The molecule has 0 radical (unpaired) electrons. The van der Waals surface area contributed by atoms with Gasteiger partial charge in [0.15, 0.2) is 5.16 Å². The molecule has 5 nitrogen and oxygen atoms in total. The molecule has 0 fully saturated rings. The van der Waals surface area contributed by atoms with Crippen molar-refractivity contribution in [1.29, 1.82) is 0 Å². The fraction of sp³-hybridized carbons (Fsp3) is 0.333. The van der Waals surface area contributed by atoms with Gasteiger partial charge in [-0.25, -0.2) is 9.89 Å². The minimum absolute atomic E-state index is 0.0676. The zero-order valence-corrected chi connectivity index (χ0v) is 12.9. The SMILES string of the molecule is CCn1c(SC(CN)c2cccc(Br)c2)n[nH]c1=O. The molecule has 0 aliphatic heterocycles. The Kier molecular flexibility index (Phi) is 4.84. The lowest BCUT2D eigenvalue weighted by molar-refractivity contribution is 0.658. The van der Waals surface area contributed by atoms with Crippen molar-refractivity contribution in [2.24, 2.45) is 5.73 Å². The van der Waals surface area contributed by atoms with Crippen LogP contribution < -0.4 is 11.4 Å². The molecule has 0 saturated carbocycles. The van der Waals surface area contributed by atoms with Gasteiger partial charge in [-0.15, -0.1) is 5.10 Å². The molecule has 0 aliphatic carbocycles. The van der Waals surface area contributed by atoms with Crippen molar-refractivity contribution < 1.29 is 0 Å². The molecule has 102 valence electrons. The summed E-state index contributed by atoms with van der Waals surface area (Å²) >= 11 is 4.95. The number of nitrogens with zero attached hydrogens (tertiary/aromatic N) is 2. The Morgan fingerprint density at radius 3 is 3.00 bits per heavy atom. The maximum atomic E-state index is 11.5. The van der Waals surface area contributed by atoms with E-state index in [0.717, 1.165) is 10.0 Å². The van der Waals surface area contributed by atoms with E-state index in [1.165, 1.54) is 11.8 Å². The molecule has 19 heavy (non-hydrogen) atoms. The number of hydrogen-bond donors (Lipinski definition) is 2. The van der Waals surface area contributed by atoms with Gasteiger partial charge >= 0.3 is 5.69 Å². The average Bonchev–Trinajstić information content (AvgIpc) is 2.76. The summed E-state index contributed by atoms with van der Waals surface area (Å²) in [5.41, 5.74) is 6.77. The number of rotatable bonds is 5. The van der Waals surface area contributed by atoms with Crippen LogP contribution in [0.4, 0.5) is 0 Å². The first-order chi connectivity index (χ1) is 9.15. The van der Waals surface area contributed by atoms with Crippen LogP contribution >= 0.6 is 27.7 Å². The van der Waals surface area contributed by atoms with E-state index in [0.29, 0.717) is 18.2 Å². The third-order valence-corrected chi connectivity index (χ3v) is 4.49. The number of nitrogens with one attached hydrogen (secondary N) is 1. The summed E-state index contributed by atoms with van der Waals surface area (Å²) in [5.74, 6) is 0. The van der Waals surface area contributed by atoms with Crippen LogP contribution in [0.3, 0.4) is 0 Å². The van der Waals surface area contributed by atoms with Crippen molar-refractivity contribution in [3.8, 4) is 0 Å². The standard InChI is InChI=1S/C12H15BrN4OS/c1-2-17-11(18)15-16-12(17)19-10(7-14)8-4-3-5-9(13)6-8/h3-6,10H,2,7,14H2,1H3,(H,15,18). The first-order valence-corrected chi connectivity index (χ1v) is 7.60. The number of thioether (sulfide) groups is 1. The molecule has 1 heterocycles. The van der Waals surface area contributed by atoms with Gasteiger partial charge < -0.3 is 5.73 Å². The van der Waals surface area contributed by atoms with Crippen LogP contribution in [0.15, 0.2) is 38.7 Å². The van der Waals surface area contributed by atoms with Gasteiger partial charge in [0.05, 0.1) is 0 Å². The van der Waals surface area contributed by atoms with Crippen LogP contribution in [0, 0.1) is 0 Å². The lowest BCUT2D eigenvalue weighted by Gasteiger charge is -2.14. The molecule has 0 spiro atoms. The van der Waals surface area contributed by atoms with Crippen molar-refractivity contribution >= 4 is 27.7 Å². The summed E-state index contributed by atoms with van der Waals surface area (Å²) < 4.78 is 2.62. The van der Waals surface area contributed by atoms with Gasteiger partial charge in [0.25, 0.3) is 0 Å². The van der Waals surface area contributed by atoms with Crippen LogP contribution in [0.2, 0.25) is 0 Å². The number of benzene rings is 1. The lowest BCUT2D eigenvalue weighted by Crippen LogP contribution is -2.17. The number of nitrogens with two attached hydrogens (primary N) is 1. The molecule has 1 aromatic carbocycles. The molecule has 2 aromatic rings. The second kappa shape index (κ2) is 6.40. The van der Waals surface area contributed by atoms with Crippen molar-refractivity contribution in [1.82, 2.24) is 14.8 Å². The molecule has 1 unspecified atom stereocenters. The van der Waals surface area contributed by atoms with E-state index < -0.39 is 0 Å². The van der Waals surface area contributed by atoms with Gasteiger partial charge in [0, 0.05) is 22.8 Å². The second-order valence-corrected chi connectivity index (χ2v) is 6.04. The summed E-state index contributed by atoms with van der Waals surface area (Å²) in [4.78, 5) is 11.5. The molecule has 7 heteroatoms. The zero-order chi connectivity index (χ0) is 13.8. The predicted molar refractivity (Wildman–Crippen MR) is 80.3 cm³/mol. The summed E-state index contributed by atoms with van der Waals surface area (Å²) in [6.07, 6.45) is 0. The quantitative estimate of drug-likeness (QED) is 0.816. The normalized spacial score (nSPS) is 12.6. The molecule has 3 N–H and O–H groups in total. The molecule has 0 saturated heterocycles. The minimum atomic E-state index is -0.185. The lowest BCUT2D eigenvalue weighted by atomic mass is 10.1. The molecular weight excluding hydrogens is 328 g/mol. The average molecular weight is 343 g/mol. The smallest absolute Gasteiger partial charge is 0.329 e. The molecule has 0 bridgehead atoms. The van der Waals surface area contributed by atoms with Crippen LogP contribution in [-0.2, 0) is 6.54 Å². The fourth-order valence-electron chi connectivity index (χ4n) is 1.76. The highest BCUT2D eigenvalue weighted by Crippen LogP contribution is 2.33. The summed E-state index contributed by atoms with van der Waals surface area (Å²) in [6.45, 7) is 2.98. The van der Waals surface area contributed by atoms with Crippen molar-refractivity contribution in [2.45, 2.75) is 23.9 Å². The largest absolute Gasteiger partial charge is 0.343 e. The summed E-state index contributed by atoms with van der Waals surface area (Å²) in [7, 11) is 0. The van der Waals surface area contributed by atoms with Crippen molar-refractivity contribution in [3.63, 3.8) is 0 Å². The zero-order valence-electron chi connectivity index (χ0n) is 10.5. The van der Waals surface area contributed by atoms with Gasteiger partial charge in [-0.1, -0.05) is 39.8 Å². The summed E-state index contributed by atoms with van der Waals surface area (Å²) in [6, 6.07) is 8.00. The van der Waals surface area contributed by atoms with Gasteiger partial charge in [-0.2, -0.15) is 0 Å². The van der Waals surface area contributed by atoms with E-state index in [4.69, 9.17) is 5.73 Å². The predicted octanol–water partition coefficient (Wildman–Crippen LogP) is 2.15. The van der Waals surface area contributed by atoms with Crippen LogP contribution in [0.1, 0.15) is 17.7 Å². The molecule has 2 rings (SSSR count). The van der Waals surface area contributed by atoms with Crippen molar-refractivity contribution in [3.05, 3.63) is 44.8 Å². The second-order valence-electron chi connectivity index (χ2n) is 3.95. The number of aromatic nitrogens is 3. The van der Waals surface area contributed by atoms with E-state index in [1.807, 2.05) is 31.2 Å². The van der Waals surface area contributed by atoms with Crippen LogP contribution in [0.5, 0.6) is 0 Å². The Labute approximate surface area is 123 Å². The highest BCUT2D eigenvalue weighted by Gasteiger charge is 2.16. The maximum absolute atomic E-state index is 11.5. The number of aromatic amines is 1. The van der Waals surface area contributed by atoms with E-state index in [-0.39, 0.29) is 10.9 Å². The topological polar surface area (TPSA) is 76.7 Å². The Morgan fingerprint density at radius 2 is 2.37 bits per heavy atom. The van der Waals surface area contributed by atoms with Crippen LogP contribution in [0.25, 0.3) is 0 Å². The summed E-state index contributed by atoms with van der Waals surface area (Å²) in [5, 5.41) is 7.25. The highest BCUT2D eigenvalue weighted by molar-refractivity contribution is 9.10. The fourth-order valence-corrected chi connectivity index (χ4v) is 3.25. The Hall–Kier alpha value is -1.05. The molecule has 0 amide bonds. The van der Waals surface area contributed by atoms with E-state index >= 15 is 0 Å². The maximum Gasteiger partial charge on any atom is 0.343 e. The van der Waals surface area contributed by atoms with Gasteiger partial charge in [0.1, 0.15) is 0 Å². The Morgan fingerprint density at radius 1 is 1.58 bits per heavy atom. The van der Waals surface area contributed by atoms with Gasteiger partial charge in [-0.05, 0) is 24.6 Å². The third kappa shape index (κ3) is 3.29. The highest BCUT2D eigenvalue weighted by atomic mass is 79.9. The molecule has 1 aromatic heterocycles. The van der Waals surface area contributed by atoms with E-state index in [2.05, 4.69) is 26.1 Å². The number of halogens is 1. The first-order valence-electron chi connectivity index (χ1n) is 5.93. The van der Waals surface area contributed by atoms with Gasteiger partial charge in [0.2, 0.25) is 0 Å². The Bertz CT molecular complexity index is 610. The number of H-pyrrole nitrogens is 1. The third-order valence-electron chi connectivity index (χ3n) is 2.72. The number of hydrogen-bond acceptors (Lipinski definition) is 4. The van der Waals surface area contributed by atoms with Crippen LogP contribution in [-0.4, -0.2) is 21.3 Å². The van der Waals surface area contributed by atoms with E-state index in [1.54, 1.807) is 4.57 Å². The first kappa shape index (κ1) is 14.4.